The molecule has 0 bridgehead atoms. The molecule has 286 valence electrons. The molecule has 1 atom stereocenters. The van der Waals surface area contributed by atoms with Crippen molar-refractivity contribution in [2.24, 2.45) is 5.16 Å². The molecule has 0 radical (unpaired) electrons. The number of amides is 1. The normalized spacial score (nSPS) is 15.9. The van der Waals surface area contributed by atoms with E-state index < -0.39 is 52.5 Å². The topological polar surface area (TPSA) is 164 Å². The van der Waals surface area contributed by atoms with Crippen LogP contribution in [0.2, 0.25) is 19.6 Å². The van der Waals surface area contributed by atoms with Gasteiger partial charge in [0.25, 0.3) is 11.6 Å². The molecule has 18 heteroatoms. The first-order valence-electron chi connectivity index (χ1n) is 16.6. The predicted molar refractivity (Wildman–Crippen MR) is 197 cm³/mol. The molecule has 0 N–H and O–H groups in total. The summed E-state index contributed by atoms with van der Waals surface area (Å²) in [6.45, 7) is 5.20. The molecule has 2 aliphatic heterocycles. The van der Waals surface area contributed by atoms with Gasteiger partial charge in [-0.3, -0.25) is 14.9 Å². The number of nitro benzene ring substituents is 1. The first-order valence-corrected chi connectivity index (χ1v) is 21.5. The zero-order valence-corrected chi connectivity index (χ0v) is 31.2. The third-order valence-corrected chi connectivity index (χ3v) is 11.5. The van der Waals surface area contributed by atoms with E-state index in [0.29, 0.717) is 16.8 Å². The van der Waals surface area contributed by atoms with Crippen molar-refractivity contribution in [3.8, 4) is 5.75 Å². The molecule has 0 saturated carbocycles. The maximum absolute atomic E-state index is 14.4. The number of halogens is 3. The lowest BCUT2D eigenvalue weighted by Gasteiger charge is -2.34. The fourth-order valence-corrected chi connectivity index (χ4v) is 8.52. The fraction of sp³-hybridized carbons (Fsp3) is 0.216. The van der Waals surface area contributed by atoms with Gasteiger partial charge in [0.15, 0.2) is 11.9 Å². The maximum atomic E-state index is 14.4. The summed E-state index contributed by atoms with van der Waals surface area (Å²) in [5.41, 5.74) is -3.53. The second-order valence-electron chi connectivity index (χ2n) is 13.5. The van der Waals surface area contributed by atoms with E-state index in [2.05, 4.69) is 5.16 Å². The molecule has 55 heavy (non-hydrogen) atoms. The highest BCUT2D eigenvalue weighted by atomic mass is 32.2. The van der Waals surface area contributed by atoms with Crippen LogP contribution in [-0.2, 0) is 30.5 Å². The van der Waals surface area contributed by atoms with Crippen LogP contribution >= 0.6 is 0 Å². The maximum Gasteiger partial charge on any atom is 0.534 e. The number of non-ortho nitro benzene ring substituents is 1. The Morgan fingerprint density at radius 3 is 2.18 bits per heavy atom. The van der Waals surface area contributed by atoms with Gasteiger partial charge in [-0.25, -0.2) is 4.79 Å². The van der Waals surface area contributed by atoms with Gasteiger partial charge in [0, 0.05) is 29.7 Å². The molecule has 0 spiro atoms. The Balaban J connectivity index is 1.21. The van der Waals surface area contributed by atoms with Gasteiger partial charge >= 0.3 is 21.8 Å². The number of hydrogen-bond acceptors (Lipinski definition) is 11. The Kier molecular flexibility index (Phi) is 10.6. The second-order valence-corrected chi connectivity index (χ2v) is 20.0. The third kappa shape index (κ3) is 8.39. The third-order valence-electron chi connectivity index (χ3n) is 8.58. The first-order chi connectivity index (χ1) is 25.9. The Morgan fingerprint density at radius 1 is 0.945 bits per heavy atom. The van der Waals surface area contributed by atoms with Crippen molar-refractivity contribution in [2.45, 2.75) is 44.3 Å². The van der Waals surface area contributed by atoms with Gasteiger partial charge in [-0.15, -0.1) is 0 Å². The highest BCUT2D eigenvalue weighted by Crippen LogP contribution is 2.44. The number of benzene rings is 4. The molecule has 0 fully saturated rings. The van der Waals surface area contributed by atoms with Gasteiger partial charge < -0.3 is 23.4 Å². The minimum absolute atomic E-state index is 0.0100. The van der Waals surface area contributed by atoms with Crippen molar-refractivity contribution in [3.63, 3.8) is 0 Å². The van der Waals surface area contributed by atoms with E-state index in [1.165, 1.54) is 53.4 Å². The summed E-state index contributed by atoms with van der Waals surface area (Å²) in [4.78, 5) is 43.9. The van der Waals surface area contributed by atoms with E-state index in [0.717, 1.165) is 0 Å². The highest BCUT2D eigenvalue weighted by molar-refractivity contribution is 7.87. The molecular weight excluding hydrogens is 764 g/mol. The summed E-state index contributed by atoms with van der Waals surface area (Å²) in [6, 6.07) is 24.1. The molecule has 1 unspecified atom stereocenters. The van der Waals surface area contributed by atoms with Crippen molar-refractivity contribution >= 4 is 58.3 Å². The average molecular weight is 796 g/mol. The Labute approximate surface area is 313 Å². The number of alkyl halides is 3. The molecule has 13 nitrogen and oxygen atoms in total. The van der Waals surface area contributed by atoms with E-state index in [4.69, 9.17) is 18.5 Å². The van der Waals surface area contributed by atoms with Crippen molar-refractivity contribution < 1.29 is 54.6 Å². The second kappa shape index (κ2) is 15.0. The number of hydrogen-bond donors (Lipinski definition) is 0. The van der Waals surface area contributed by atoms with Gasteiger partial charge in [0.1, 0.15) is 12.4 Å². The molecule has 0 aromatic heterocycles. The van der Waals surface area contributed by atoms with Crippen LogP contribution < -0.4 is 9.64 Å². The van der Waals surface area contributed by atoms with Gasteiger partial charge in [-0.1, -0.05) is 79.4 Å². The fourth-order valence-electron chi connectivity index (χ4n) is 6.07. The predicted octanol–water partition coefficient (Wildman–Crippen LogP) is 8.08. The van der Waals surface area contributed by atoms with Crippen molar-refractivity contribution in [2.75, 3.05) is 11.4 Å². The molecule has 4 aromatic rings. The summed E-state index contributed by atoms with van der Waals surface area (Å²) < 4.78 is 81.7. The van der Waals surface area contributed by atoms with E-state index in [-0.39, 0.29) is 58.6 Å². The van der Waals surface area contributed by atoms with Crippen LogP contribution in [0.1, 0.15) is 39.0 Å². The highest BCUT2D eigenvalue weighted by Gasteiger charge is 2.50. The van der Waals surface area contributed by atoms with Crippen LogP contribution in [-0.4, -0.2) is 57.3 Å². The van der Waals surface area contributed by atoms with Gasteiger partial charge in [-0.05, 0) is 52.2 Å². The molecule has 0 aliphatic carbocycles. The number of nitro groups is 1. The number of fused-ring (bicyclic) bond motifs is 2. The van der Waals surface area contributed by atoms with Crippen LogP contribution in [0, 0.1) is 10.1 Å². The summed E-state index contributed by atoms with van der Waals surface area (Å²) in [7, 11) is -8.88. The minimum atomic E-state index is -6.11. The van der Waals surface area contributed by atoms with Crippen LogP contribution in [0.25, 0.3) is 11.0 Å². The van der Waals surface area contributed by atoms with Crippen LogP contribution in [0.15, 0.2) is 102 Å². The SMILES string of the molecule is C[Si](C)(C)C1=C(OS(=O)(=O)C(F)(F)F)c2ccccc2N(CC2CC(c3ccc(COC(=O)Oc4ccc([N+](=O)[O-])cc4)cc3)=NO2)C(=O)c2ccccc21. The quantitative estimate of drug-likeness (QED) is 0.0292. The van der Waals surface area contributed by atoms with E-state index in [1.807, 2.05) is 19.6 Å². The van der Waals surface area contributed by atoms with Crippen molar-refractivity contribution in [1.82, 2.24) is 0 Å². The minimum Gasteiger partial charge on any atom is -0.429 e. The lowest BCUT2D eigenvalue weighted by molar-refractivity contribution is -0.384. The largest absolute Gasteiger partial charge is 0.534 e. The molecule has 2 heterocycles. The van der Waals surface area contributed by atoms with E-state index in [1.54, 1.807) is 48.5 Å². The number of carbonyl (C=O) groups is 2. The Morgan fingerprint density at radius 2 is 1.56 bits per heavy atom. The van der Waals surface area contributed by atoms with Crippen LogP contribution in [0.4, 0.5) is 29.3 Å². The molecule has 6 rings (SSSR count). The number of anilines is 1. The molecule has 2 aliphatic rings. The van der Waals surface area contributed by atoms with Crippen LogP contribution in [0.3, 0.4) is 0 Å². The lowest BCUT2D eigenvalue weighted by Crippen LogP contribution is -2.40. The number of para-hydroxylation sites is 1. The zero-order chi connectivity index (χ0) is 39.7. The van der Waals surface area contributed by atoms with Gasteiger partial charge in [0.2, 0.25) is 0 Å². The smallest absolute Gasteiger partial charge is 0.429 e. The zero-order valence-electron chi connectivity index (χ0n) is 29.4. The van der Waals surface area contributed by atoms with E-state index in [9.17, 15) is 41.3 Å². The van der Waals surface area contributed by atoms with Crippen LogP contribution in [0.5, 0.6) is 5.75 Å². The molecule has 1 amide bonds. The molecule has 4 aromatic carbocycles. The number of nitrogens with zero attached hydrogens (tertiary/aromatic N) is 3. The summed E-state index contributed by atoms with van der Waals surface area (Å²) in [6.07, 6.45) is -1.49. The lowest BCUT2D eigenvalue weighted by atomic mass is 9.98. The summed E-state index contributed by atoms with van der Waals surface area (Å²) in [5, 5.41) is 15.3. The molecule has 0 saturated heterocycles. The monoisotopic (exact) mass is 795 g/mol. The van der Waals surface area contributed by atoms with Gasteiger partial charge in [0.05, 0.1) is 30.9 Å². The van der Waals surface area contributed by atoms with Crippen molar-refractivity contribution in [3.05, 3.63) is 135 Å². The summed E-state index contributed by atoms with van der Waals surface area (Å²) >= 11 is 0. The Hall–Kier alpha value is -6.01. The number of ether oxygens (including phenoxy) is 2. The Bertz CT molecular complexity index is 2330. The molecular formula is C37H32F3N3O10SSi. The van der Waals surface area contributed by atoms with Crippen molar-refractivity contribution in [1.29, 1.82) is 0 Å². The number of oxime groups is 1. The number of rotatable bonds is 10. The van der Waals surface area contributed by atoms with E-state index >= 15 is 0 Å². The number of carbonyl (C=O) groups excluding carboxylic acids is 2. The first kappa shape index (κ1) is 38.7. The average Bonchev–Trinajstić information content (AvgIpc) is 3.60. The standard InChI is InChI=1S/C37H32F3N3O10SSi/c1-55(2,3)34-28-8-4-5-9-29(28)35(44)42(32-11-7-6-10-30(32)33(34)53-54(48,49)37(38,39)40)21-27-20-31(41-52-27)24-14-12-23(13-15-24)22-50-36(45)51-26-18-16-25(17-19-26)43(46)47/h4-19,27H,20-22H2,1-3H3. The van der Waals surface area contributed by atoms with Gasteiger partial charge in [-0.2, -0.15) is 21.6 Å². The summed E-state index contributed by atoms with van der Waals surface area (Å²) in [5.74, 6) is -0.907.